The van der Waals surface area contributed by atoms with Crippen LogP contribution in [0.2, 0.25) is 5.02 Å². The van der Waals surface area contributed by atoms with Gasteiger partial charge < -0.3 is 9.47 Å². The summed E-state index contributed by atoms with van der Waals surface area (Å²) in [6.07, 6.45) is 5.85. The Kier molecular flexibility index (Phi) is 5.83. The number of hydrogen-bond donors (Lipinski definition) is 0. The molecule has 0 spiro atoms. The molecule has 1 aliphatic rings. The van der Waals surface area contributed by atoms with E-state index in [1.807, 2.05) is 41.6 Å². The van der Waals surface area contributed by atoms with Crippen molar-refractivity contribution in [1.29, 1.82) is 0 Å². The lowest BCUT2D eigenvalue weighted by atomic mass is 9.96. The molecule has 1 fully saturated rings. The van der Waals surface area contributed by atoms with Crippen LogP contribution in [0.25, 0.3) is 11.4 Å². The predicted octanol–water partition coefficient (Wildman–Crippen LogP) is 5.52. The molecule has 0 aliphatic carbocycles. The van der Waals surface area contributed by atoms with Crippen molar-refractivity contribution in [3.8, 4) is 11.4 Å². The minimum atomic E-state index is 0.0114. The number of carbonyl (C=O) groups is 1. The Morgan fingerprint density at radius 2 is 1.89 bits per heavy atom. The van der Waals surface area contributed by atoms with Crippen LogP contribution in [-0.4, -0.2) is 33.4 Å². The molecule has 6 heteroatoms. The minimum absolute atomic E-state index is 0.0114. The van der Waals surface area contributed by atoms with Gasteiger partial charge in [-0.25, -0.2) is 4.98 Å². The number of rotatable bonds is 4. The molecule has 0 saturated carbocycles. The molecular weight excluding hydrogens is 438 g/mol. The third kappa shape index (κ3) is 4.15. The summed E-state index contributed by atoms with van der Waals surface area (Å²) in [5, 5.41) is 0.501. The second-order valence-electron chi connectivity index (χ2n) is 7.13. The van der Waals surface area contributed by atoms with Crippen LogP contribution >= 0.6 is 27.5 Å². The molecule has 4 rings (SSSR count). The lowest BCUT2D eigenvalue weighted by Crippen LogP contribution is -2.39. The smallest absolute Gasteiger partial charge is 0.255 e. The third-order valence-corrected chi connectivity index (χ3v) is 6.09. The fraction of sp³-hybridized carbons (Fsp3) is 0.273. The van der Waals surface area contributed by atoms with E-state index in [0.717, 1.165) is 48.3 Å². The molecule has 0 unspecified atom stereocenters. The quantitative estimate of drug-likeness (QED) is 0.516. The highest BCUT2D eigenvalue weighted by Gasteiger charge is 2.25. The molecule has 2 heterocycles. The molecule has 144 valence electrons. The van der Waals surface area contributed by atoms with E-state index < -0.39 is 0 Å². The Morgan fingerprint density at radius 3 is 2.64 bits per heavy atom. The van der Waals surface area contributed by atoms with Gasteiger partial charge in [-0.15, -0.1) is 0 Å². The van der Waals surface area contributed by atoms with Gasteiger partial charge in [-0.3, -0.25) is 4.79 Å². The fourth-order valence-electron chi connectivity index (χ4n) is 3.73. The van der Waals surface area contributed by atoms with Crippen molar-refractivity contribution in [2.75, 3.05) is 13.1 Å². The summed E-state index contributed by atoms with van der Waals surface area (Å²) < 4.78 is 3.09. The first-order chi connectivity index (χ1) is 13.6. The van der Waals surface area contributed by atoms with E-state index in [0.29, 0.717) is 16.5 Å². The van der Waals surface area contributed by atoms with Crippen molar-refractivity contribution in [1.82, 2.24) is 14.5 Å². The van der Waals surface area contributed by atoms with Crippen molar-refractivity contribution in [2.24, 2.45) is 5.92 Å². The van der Waals surface area contributed by atoms with Crippen LogP contribution in [-0.2, 0) is 6.54 Å². The lowest BCUT2D eigenvalue weighted by Gasteiger charge is -2.32. The number of nitrogens with zero attached hydrogens (tertiary/aromatic N) is 3. The first kappa shape index (κ1) is 19.2. The summed E-state index contributed by atoms with van der Waals surface area (Å²) in [7, 11) is 0. The summed E-state index contributed by atoms with van der Waals surface area (Å²) in [6.45, 7) is 2.42. The number of halogens is 2. The van der Waals surface area contributed by atoms with Crippen LogP contribution in [0.3, 0.4) is 0 Å². The minimum Gasteiger partial charge on any atom is -0.339 e. The zero-order valence-corrected chi connectivity index (χ0v) is 17.7. The van der Waals surface area contributed by atoms with E-state index in [4.69, 9.17) is 11.6 Å². The fourth-order valence-corrected chi connectivity index (χ4v) is 4.29. The Balaban J connectivity index is 1.40. The van der Waals surface area contributed by atoms with Crippen LogP contribution in [0.4, 0.5) is 0 Å². The highest BCUT2D eigenvalue weighted by molar-refractivity contribution is 9.10. The first-order valence-electron chi connectivity index (χ1n) is 9.42. The normalized spacial score (nSPS) is 15.0. The second kappa shape index (κ2) is 8.50. The number of imidazole rings is 1. The van der Waals surface area contributed by atoms with E-state index in [1.54, 1.807) is 12.1 Å². The molecule has 2 aromatic carbocycles. The van der Waals surface area contributed by atoms with Gasteiger partial charge >= 0.3 is 0 Å². The lowest BCUT2D eigenvalue weighted by molar-refractivity contribution is 0.0683. The Morgan fingerprint density at radius 1 is 1.14 bits per heavy atom. The van der Waals surface area contributed by atoms with Gasteiger partial charge in [0.25, 0.3) is 5.91 Å². The average Bonchev–Trinajstić information content (AvgIpc) is 3.18. The number of piperidine rings is 1. The van der Waals surface area contributed by atoms with Crippen molar-refractivity contribution >= 4 is 33.4 Å². The molecule has 3 aromatic rings. The number of carbonyl (C=O) groups excluding carboxylic acids is 1. The molecule has 0 N–H and O–H groups in total. The highest BCUT2D eigenvalue weighted by Crippen LogP contribution is 2.27. The Hall–Kier alpha value is -2.11. The van der Waals surface area contributed by atoms with Crippen molar-refractivity contribution in [3.05, 3.63) is 76.0 Å². The second-order valence-corrected chi connectivity index (χ2v) is 8.45. The monoisotopic (exact) mass is 457 g/mol. The van der Waals surface area contributed by atoms with Crippen LogP contribution in [0.1, 0.15) is 23.2 Å². The van der Waals surface area contributed by atoms with Crippen molar-refractivity contribution in [3.63, 3.8) is 0 Å². The van der Waals surface area contributed by atoms with Gasteiger partial charge in [0, 0.05) is 42.1 Å². The summed E-state index contributed by atoms with van der Waals surface area (Å²) in [6, 6.07) is 15.7. The van der Waals surface area contributed by atoms with Gasteiger partial charge in [0.1, 0.15) is 5.82 Å². The summed E-state index contributed by atoms with van der Waals surface area (Å²) >= 11 is 9.65. The number of likely N-dealkylation sites (tertiary alicyclic amines) is 1. The predicted molar refractivity (Wildman–Crippen MR) is 115 cm³/mol. The number of hydrogen-bond acceptors (Lipinski definition) is 2. The SMILES string of the molecule is O=C(c1cc(Br)ccc1Cl)N1CCC(Cn2ccnc2-c2ccccc2)CC1. The van der Waals surface area contributed by atoms with Crippen LogP contribution in [0, 0.1) is 5.92 Å². The number of aromatic nitrogens is 2. The topological polar surface area (TPSA) is 38.1 Å². The first-order valence-corrected chi connectivity index (χ1v) is 10.6. The third-order valence-electron chi connectivity index (χ3n) is 5.26. The zero-order valence-electron chi connectivity index (χ0n) is 15.4. The Labute approximate surface area is 178 Å². The van der Waals surface area contributed by atoms with E-state index in [9.17, 15) is 4.79 Å². The summed E-state index contributed by atoms with van der Waals surface area (Å²) in [4.78, 5) is 19.3. The van der Waals surface area contributed by atoms with Crippen LogP contribution in [0.15, 0.2) is 65.4 Å². The van der Waals surface area contributed by atoms with E-state index in [2.05, 4.69) is 37.6 Å². The molecule has 0 radical (unpaired) electrons. The standard InChI is InChI=1S/C22H21BrClN3O/c23-18-6-7-20(24)19(14-18)22(28)26-11-8-16(9-12-26)15-27-13-10-25-21(27)17-4-2-1-3-5-17/h1-7,10,13-14,16H,8-9,11-12,15H2. The summed E-state index contributed by atoms with van der Waals surface area (Å²) in [5.74, 6) is 1.54. The maximum absolute atomic E-state index is 12.8. The average molecular weight is 459 g/mol. The Bertz CT molecular complexity index is 965. The van der Waals surface area contributed by atoms with Gasteiger partial charge in [0.2, 0.25) is 0 Å². The van der Waals surface area contributed by atoms with Crippen LogP contribution in [0.5, 0.6) is 0 Å². The van der Waals surface area contributed by atoms with E-state index in [-0.39, 0.29) is 5.91 Å². The van der Waals surface area contributed by atoms with Gasteiger partial charge in [-0.05, 0) is 37.0 Å². The van der Waals surface area contributed by atoms with E-state index in [1.165, 1.54) is 0 Å². The van der Waals surface area contributed by atoms with Gasteiger partial charge in [0.15, 0.2) is 0 Å². The maximum atomic E-state index is 12.8. The molecule has 28 heavy (non-hydrogen) atoms. The van der Waals surface area contributed by atoms with Crippen molar-refractivity contribution < 1.29 is 4.79 Å². The molecule has 1 saturated heterocycles. The van der Waals surface area contributed by atoms with Gasteiger partial charge in [-0.2, -0.15) is 0 Å². The van der Waals surface area contributed by atoms with E-state index >= 15 is 0 Å². The molecule has 0 bridgehead atoms. The van der Waals surface area contributed by atoms with Gasteiger partial charge in [-0.1, -0.05) is 57.9 Å². The zero-order chi connectivity index (χ0) is 19.5. The maximum Gasteiger partial charge on any atom is 0.255 e. The molecule has 1 aromatic heterocycles. The van der Waals surface area contributed by atoms with Crippen molar-refractivity contribution in [2.45, 2.75) is 19.4 Å². The van der Waals surface area contributed by atoms with Crippen LogP contribution < -0.4 is 0 Å². The summed E-state index contributed by atoms with van der Waals surface area (Å²) in [5.41, 5.74) is 1.69. The highest BCUT2D eigenvalue weighted by atomic mass is 79.9. The number of benzene rings is 2. The molecule has 1 amide bonds. The van der Waals surface area contributed by atoms with Gasteiger partial charge in [0.05, 0.1) is 10.6 Å². The number of amides is 1. The molecule has 4 nitrogen and oxygen atoms in total. The molecular formula is C22H21BrClN3O. The largest absolute Gasteiger partial charge is 0.339 e. The molecule has 1 aliphatic heterocycles. The molecule has 0 atom stereocenters.